The van der Waals surface area contributed by atoms with Crippen molar-refractivity contribution in [3.05, 3.63) is 29.8 Å². The minimum atomic E-state index is -0.0503. The lowest BCUT2D eigenvalue weighted by Gasteiger charge is -2.33. The van der Waals surface area contributed by atoms with Crippen LogP contribution in [0.2, 0.25) is 0 Å². The third kappa shape index (κ3) is 4.23. The molecule has 3 N–H and O–H groups in total. The molecule has 1 unspecified atom stereocenters. The molecule has 0 saturated carbocycles. The molecule has 0 spiro atoms. The van der Waals surface area contributed by atoms with Crippen LogP contribution in [-0.4, -0.2) is 36.0 Å². The van der Waals surface area contributed by atoms with Gasteiger partial charge in [0.15, 0.2) is 0 Å². The summed E-state index contributed by atoms with van der Waals surface area (Å²) in [4.78, 5) is 13.9. The van der Waals surface area contributed by atoms with Gasteiger partial charge in [0.2, 0.25) is 5.91 Å². The molecular formula is C16H25N3O. The van der Waals surface area contributed by atoms with Crippen LogP contribution in [0.15, 0.2) is 24.3 Å². The minimum Gasteiger partial charge on any atom is -0.382 e. The highest BCUT2D eigenvalue weighted by atomic mass is 16.2. The van der Waals surface area contributed by atoms with Gasteiger partial charge in [-0.3, -0.25) is 4.79 Å². The van der Waals surface area contributed by atoms with Crippen molar-refractivity contribution in [1.82, 2.24) is 4.90 Å². The molecule has 1 fully saturated rings. The zero-order valence-corrected chi connectivity index (χ0v) is 12.4. The van der Waals surface area contributed by atoms with E-state index in [1.807, 2.05) is 11.8 Å². The normalized spacial score (nSPS) is 17.9. The Morgan fingerprint density at radius 2 is 2.15 bits per heavy atom. The molecule has 1 heterocycles. The second-order valence-corrected chi connectivity index (χ2v) is 5.85. The van der Waals surface area contributed by atoms with Crippen LogP contribution in [0.5, 0.6) is 0 Å². The van der Waals surface area contributed by atoms with E-state index in [9.17, 15) is 4.79 Å². The summed E-state index contributed by atoms with van der Waals surface area (Å²) in [6, 6.07) is 8.83. The van der Waals surface area contributed by atoms with Gasteiger partial charge in [-0.25, -0.2) is 0 Å². The van der Waals surface area contributed by atoms with Crippen molar-refractivity contribution in [2.45, 2.75) is 45.2 Å². The number of hydrogen-bond acceptors (Lipinski definition) is 3. The van der Waals surface area contributed by atoms with Crippen molar-refractivity contribution in [1.29, 1.82) is 0 Å². The molecule has 4 heteroatoms. The summed E-state index contributed by atoms with van der Waals surface area (Å²) in [7, 11) is 0. The maximum Gasteiger partial charge on any atom is 0.224 e. The molecular weight excluding hydrogens is 250 g/mol. The van der Waals surface area contributed by atoms with E-state index in [1.165, 1.54) is 11.3 Å². The van der Waals surface area contributed by atoms with E-state index in [-0.39, 0.29) is 11.9 Å². The van der Waals surface area contributed by atoms with Crippen molar-refractivity contribution in [3.8, 4) is 0 Å². The number of amides is 1. The Morgan fingerprint density at radius 1 is 1.45 bits per heavy atom. The number of nitrogens with two attached hydrogens (primary N) is 1. The van der Waals surface area contributed by atoms with E-state index >= 15 is 0 Å². The molecule has 4 nitrogen and oxygen atoms in total. The van der Waals surface area contributed by atoms with Gasteiger partial charge in [-0.1, -0.05) is 12.1 Å². The summed E-state index contributed by atoms with van der Waals surface area (Å²) in [5, 5.41) is 3.56. The average molecular weight is 275 g/mol. The smallest absolute Gasteiger partial charge is 0.224 e. The molecule has 110 valence electrons. The molecule has 1 amide bonds. The molecule has 0 bridgehead atoms. The van der Waals surface area contributed by atoms with Gasteiger partial charge in [-0.05, 0) is 44.4 Å². The number of likely N-dealkylation sites (tertiary alicyclic amines) is 1. The predicted octanol–water partition coefficient (Wildman–Crippen LogP) is 2.14. The van der Waals surface area contributed by atoms with Crippen LogP contribution in [-0.2, 0) is 4.79 Å². The van der Waals surface area contributed by atoms with Gasteiger partial charge in [-0.2, -0.15) is 0 Å². The summed E-state index contributed by atoms with van der Waals surface area (Å²) < 4.78 is 0. The molecule has 1 atom stereocenters. The number of carbonyl (C=O) groups is 1. The Morgan fingerprint density at radius 3 is 2.75 bits per heavy atom. The number of nitrogens with one attached hydrogen (secondary N) is 1. The van der Waals surface area contributed by atoms with E-state index in [0.29, 0.717) is 12.5 Å². The number of anilines is 1. The largest absolute Gasteiger partial charge is 0.382 e. The first-order valence-electron chi connectivity index (χ1n) is 7.41. The molecule has 0 aliphatic carbocycles. The van der Waals surface area contributed by atoms with Gasteiger partial charge in [0, 0.05) is 37.3 Å². The monoisotopic (exact) mass is 275 g/mol. The van der Waals surface area contributed by atoms with Gasteiger partial charge in [0.25, 0.3) is 0 Å². The highest BCUT2D eigenvalue weighted by Crippen LogP contribution is 2.18. The van der Waals surface area contributed by atoms with Crippen LogP contribution in [0.4, 0.5) is 5.69 Å². The van der Waals surface area contributed by atoms with Crippen LogP contribution in [0.3, 0.4) is 0 Å². The maximum atomic E-state index is 11.9. The van der Waals surface area contributed by atoms with E-state index < -0.39 is 0 Å². The van der Waals surface area contributed by atoms with Crippen molar-refractivity contribution in [3.63, 3.8) is 0 Å². The predicted molar refractivity (Wildman–Crippen MR) is 82.7 cm³/mol. The highest BCUT2D eigenvalue weighted by Gasteiger charge is 2.22. The quantitative estimate of drug-likeness (QED) is 0.885. The molecule has 1 aliphatic rings. The van der Waals surface area contributed by atoms with Crippen molar-refractivity contribution >= 4 is 11.6 Å². The van der Waals surface area contributed by atoms with Crippen LogP contribution < -0.4 is 11.1 Å². The highest BCUT2D eigenvalue weighted by molar-refractivity contribution is 5.76. The molecule has 0 radical (unpaired) electrons. The standard InChI is InChI=1S/C16H25N3O/c1-12-4-3-5-15(10-12)18-14-6-8-19(9-7-14)16(20)11-13(2)17/h3-5,10,13-14,18H,6-9,11,17H2,1-2H3. The molecule has 2 rings (SSSR count). The first-order chi connectivity index (χ1) is 9.54. The summed E-state index contributed by atoms with van der Waals surface area (Å²) in [5.41, 5.74) is 8.12. The summed E-state index contributed by atoms with van der Waals surface area (Å²) in [6.45, 7) is 5.63. The van der Waals surface area contributed by atoms with E-state index in [1.54, 1.807) is 0 Å². The fourth-order valence-corrected chi connectivity index (χ4v) is 2.65. The third-order valence-corrected chi connectivity index (χ3v) is 3.73. The van der Waals surface area contributed by atoms with Gasteiger partial charge in [0.1, 0.15) is 0 Å². The maximum absolute atomic E-state index is 11.9. The fraction of sp³-hybridized carbons (Fsp3) is 0.562. The average Bonchev–Trinajstić information content (AvgIpc) is 2.38. The molecule has 0 aromatic heterocycles. The van der Waals surface area contributed by atoms with Crippen LogP contribution in [0, 0.1) is 6.92 Å². The van der Waals surface area contributed by atoms with Crippen LogP contribution >= 0.6 is 0 Å². The van der Waals surface area contributed by atoms with Gasteiger partial charge in [0.05, 0.1) is 0 Å². The van der Waals surface area contributed by atoms with E-state index in [2.05, 4.69) is 36.5 Å². The molecule has 1 aliphatic heterocycles. The third-order valence-electron chi connectivity index (χ3n) is 3.73. The number of nitrogens with zero attached hydrogens (tertiary/aromatic N) is 1. The molecule has 1 aromatic rings. The Labute approximate surface area is 121 Å². The molecule has 1 saturated heterocycles. The Hall–Kier alpha value is -1.55. The van der Waals surface area contributed by atoms with Crippen molar-refractivity contribution in [2.75, 3.05) is 18.4 Å². The number of carbonyl (C=O) groups excluding carboxylic acids is 1. The summed E-state index contributed by atoms with van der Waals surface area (Å²) >= 11 is 0. The lowest BCUT2D eigenvalue weighted by Crippen LogP contribution is -2.43. The molecule has 20 heavy (non-hydrogen) atoms. The Balaban J connectivity index is 1.81. The van der Waals surface area contributed by atoms with Crippen molar-refractivity contribution < 1.29 is 4.79 Å². The summed E-state index contributed by atoms with van der Waals surface area (Å²) in [5.74, 6) is 0.189. The lowest BCUT2D eigenvalue weighted by molar-refractivity contribution is -0.132. The first-order valence-corrected chi connectivity index (χ1v) is 7.41. The number of aryl methyl sites for hydroxylation is 1. The van der Waals surface area contributed by atoms with Gasteiger partial charge < -0.3 is 16.0 Å². The summed E-state index contributed by atoms with van der Waals surface area (Å²) in [6.07, 6.45) is 2.45. The number of rotatable bonds is 4. The number of hydrogen-bond donors (Lipinski definition) is 2. The minimum absolute atomic E-state index is 0.0503. The number of benzene rings is 1. The Bertz CT molecular complexity index is 451. The number of piperidine rings is 1. The SMILES string of the molecule is Cc1cccc(NC2CCN(C(=O)CC(C)N)CC2)c1. The van der Waals surface area contributed by atoms with E-state index in [0.717, 1.165) is 25.9 Å². The van der Waals surface area contributed by atoms with Gasteiger partial charge >= 0.3 is 0 Å². The van der Waals surface area contributed by atoms with Crippen LogP contribution in [0.25, 0.3) is 0 Å². The zero-order valence-electron chi connectivity index (χ0n) is 12.4. The second-order valence-electron chi connectivity index (χ2n) is 5.85. The topological polar surface area (TPSA) is 58.4 Å². The van der Waals surface area contributed by atoms with Crippen molar-refractivity contribution in [2.24, 2.45) is 5.73 Å². The van der Waals surface area contributed by atoms with E-state index in [4.69, 9.17) is 5.73 Å². The zero-order chi connectivity index (χ0) is 14.5. The molecule has 1 aromatic carbocycles. The second kappa shape index (κ2) is 6.75. The van der Waals surface area contributed by atoms with Crippen LogP contribution in [0.1, 0.15) is 31.7 Å². The fourth-order valence-electron chi connectivity index (χ4n) is 2.65. The Kier molecular flexibility index (Phi) is 5.01. The first kappa shape index (κ1) is 14.9. The van der Waals surface area contributed by atoms with Gasteiger partial charge in [-0.15, -0.1) is 0 Å². The lowest BCUT2D eigenvalue weighted by atomic mass is 10.0.